The van der Waals surface area contributed by atoms with Crippen molar-refractivity contribution in [3.05, 3.63) is 29.0 Å². The standard InChI is InChI=1S/C7H7ClFNO2S/c8-7-6(2-1-4-10-7)3-5-13(9,11)12/h1-2,4H,3,5H2. The number of aryl methyl sites for hydroxylation is 1. The second-order valence-corrected chi connectivity index (χ2v) is 4.29. The van der Waals surface area contributed by atoms with Gasteiger partial charge in [-0.25, -0.2) is 4.98 Å². The summed E-state index contributed by atoms with van der Waals surface area (Å²) in [7, 11) is -4.43. The lowest BCUT2D eigenvalue weighted by molar-refractivity contribution is 0.551. The molecule has 0 spiro atoms. The van der Waals surface area contributed by atoms with E-state index < -0.39 is 16.0 Å². The van der Waals surface area contributed by atoms with Gasteiger partial charge < -0.3 is 0 Å². The lowest BCUT2D eigenvalue weighted by atomic mass is 10.2. The van der Waals surface area contributed by atoms with E-state index in [0.717, 1.165) is 0 Å². The van der Waals surface area contributed by atoms with Gasteiger partial charge in [-0.3, -0.25) is 0 Å². The fourth-order valence-electron chi connectivity index (χ4n) is 0.838. The van der Waals surface area contributed by atoms with Crippen LogP contribution < -0.4 is 0 Å². The summed E-state index contributed by atoms with van der Waals surface area (Å²) >= 11 is 5.62. The van der Waals surface area contributed by atoms with Crippen LogP contribution in [0.4, 0.5) is 3.89 Å². The minimum Gasteiger partial charge on any atom is -0.244 e. The zero-order chi connectivity index (χ0) is 9.90. The van der Waals surface area contributed by atoms with E-state index in [0.29, 0.717) is 5.56 Å². The Morgan fingerprint density at radius 3 is 2.77 bits per heavy atom. The van der Waals surface area contributed by atoms with Crippen LogP contribution in [0, 0.1) is 0 Å². The predicted octanol–water partition coefficient (Wildman–Crippen LogP) is 1.58. The number of rotatable bonds is 3. The van der Waals surface area contributed by atoms with Crippen molar-refractivity contribution in [2.75, 3.05) is 5.75 Å². The first-order valence-corrected chi connectivity index (χ1v) is 5.44. The quantitative estimate of drug-likeness (QED) is 0.577. The molecular formula is C7H7ClFNO2S. The molecule has 13 heavy (non-hydrogen) atoms. The number of nitrogens with zero attached hydrogens (tertiary/aromatic N) is 1. The van der Waals surface area contributed by atoms with Crippen LogP contribution in [0.3, 0.4) is 0 Å². The highest BCUT2D eigenvalue weighted by atomic mass is 35.5. The first-order valence-electron chi connectivity index (χ1n) is 3.51. The van der Waals surface area contributed by atoms with Gasteiger partial charge in [-0.2, -0.15) is 8.42 Å². The molecule has 0 unspecified atom stereocenters. The molecule has 0 bridgehead atoms. The van der Waals surface area contributed by atoms with Gasteiger partial charge in [-0.05, 0) is 18.1 Å². The molecule has 6 heteroatoms. The SMILES string of the molecule is O=S(=O)(F)CCc1cccnc1Cl. The second-order valence-electron chi connectivity index (χ2n) is 2.45. The average molecular weight is 224 g/mol. The first-order chi connectivity index (χ1) is 5.99. The molecule has 0 N–H and O–H groups in total. The van der Waals surface area contributed by atoms with Crippen molar-refractivity contribution in [1.82, 2.24) is 4.98 Å². The van der Waals surface area contributed by atoms with Gasteiger partial charge in [0, 0.05) is 6.20 Å². The molecule has 0 saturated heterocycles. The van der Waals surface area contributed by atoms with Crippen LogP contribution in [0.2, 0.25) is 5.15 Å². The molecule has 1 heterocycles. The molecule has 72 valence electrons. The maximum atomic E-state index is 12.1. The number of hydrogen-bond donors (Lipinski definition) is 0. The minimum atomic E-state index is -4.43. The lowest BCUT2D eigenvalue weighted by Crippen LogP contribution is -2.02. The van der Waals surface area contributed by atoms with E-state index in [1.807, 2.05) is 0 Å². The van der Waals surface area contributed by atoms with E-state index in [2.05, 4.69) is 4.98 Å². The van der Waals surface area contributed by atoms with Gasteiger partial charge in [0.2, 0.25) is 0 Å². The van der Waals surface area contributed by atoms with E-state index in [9.17, 15) is 12.3 Å². The van der Waals surface area contributed by atoms with Crippen LogP contribution in [-0.4, -0.2) is 19.2 Å². The molecule has 0 aliphatic heterocycles. The fourth-order valence-corrected chi connectivity index (χ4v) is 1.52. The van der Waals surface area contributed by atoms with Crippen molar-refractivity contribution in [3.8, 4) is 0 Å². The summed E-state index contributed by atoms with van der Waals surface area (Å²) in [6.45, 7) is 0. The van der Waals surface area contributed by atoms with Crippen molar-refractivity contribution in [1.29, 1.82) is 0 Å². The monoisotopic (exact) mass is 223 g/mol. The normalized spacial score (nSPS) is 11.5. The van der Waals surface area contributed by atoms with E-state index in [-0.39, 0.29) is 11.6 Å². The molecule has 0 aromatic carbocycles. The predicted molar refractivity (Wildman–Crippen MR) is 47.8 cm³/mol. The molecule has 0 aliphatic rings. The van der Waals surface area contributed by atoms with Gasteiger partial charge in [0.25, 0.3) is 0 Å². The molecule has 0 fully saturated rings. The maximum Gasteiger partial charge on any atom is 0.302 e. The molecule has 3 nitrogen and oxygen atoms in total. The Labute approximate surface area is 80.8 Å². The van der Waals surface area contributed by atoms with E-state index >= 15 is 0 Å². The first kappa shape index (κ1) is 10.4. The Morgan fingerprint density at radius 2 is 2.23 bits per heavy atom. The Morgan fingerprint density at radius 1 is 1.54 bits per heavy atom. The minimum absolute atomic E-state index is 0.0471. The molecular weight excluding hydrogens is 217 g/mol. The van der Waals surface area contributed by atoms with Crippen LogP contribution in [0.15, 0.2) is 18.3 Å². The van der Waals surface area contributed by atoms with Crippen LogP contribution in [0.25, 0.3) is 0 Å². The van der Waals surface area contributed by atoms with Crippen LogP contribution >= 0.6 is 11.6 Å². The summed E-state index contributed by atoms with van der Waals surface area (Å²) in [6.07, 6.45) is 1.53. The number of pyridine rings is 1. The van der Waals surface area contributed by atoms with E-state index in [1.165, 1.54) is 6.20 Å². The highest BCUT2D eigenvalue weighted by Crippen LogP contribution is 2.12. The maximum absolute atomic E-state index is 12.1. The summed E-state index contributed by atoms with van der Waals surface area (Å²) in [6, 6.07) is 3.23. The van der Waals surface area contributed by atoms with E-state index in [4.69, 9.17) is 11.6 Å². The van der Waals surface area contributed by atoms with Gasteiger partial charge in [0.15, 0.2) is 0 Å². The van der Waals surface area contributed by atoms with Crippen molar-refractivity contribution in [2.24, 2.45) is 0 Å². The molecule has 0 radical (unpaired) electrons. The third-order valence-electron chi connectivity index (χ3n) is 1.45. The number of hydrogen-bond acceptors (Lipinski definition) is 3. The zero-order valence-electron chi connectivity index (χ0n) is 6.57. The summed E-state index contributed by atoms with van der Waals surface area (Å²) in [5, 5.41) is 0.214. The molecule has 1 aromatic rings. The second kappa shape index (κ2) is 4.02. The summed E-state index contributed by atoms with van der Waals surface area (Å²) in [5.74, 6) is -0.557. The van der Waals surface area contributed by atoms with Crippen molar-refractivity contribution in [2.45, 2.75) is 6.42 Å². The Hall–Kier alpha value is -0.680. The average Bonchev–Trinajstić information content (AvgIpc) is 2.01. The molecule has 1 aromatic heterocycles. The van der Waals surface area contributed by atoms with Gasteiger partial charge in [0.05, 0.1) is 5.75 Å². The van der Waals surface area contributed by atoms with E-state index in [1.54, 1.807) is 12.1 Å². The number of aromatic nitrogens is 1. The summed E-state index contributed by atoms with van der Waals surface area (Å²) in [5.41, 5.74) is 0.533. The zero-order valence-corrected chi connectivity index (χ0v) is 8.15. The van der Waals surface area contributed by atoms with Crippen molar-refractivity contribution < 1.29 is 12.3 Å². The lowest BCUT2D eigenvalue weighted by Gasteiger charge is -1.99. The Bertz CT molecular complexity index is 393. The third kappa shape index (κ3) is 3.69. The molecule has 0 aliphatic carbocycles. The van der Waals surface area contributed by atoms with Crippen LogP contribution in [0.1, 0.15) is 5.56 Å². The van der Waals surface area contributed by atoms with Crippen molar-refractivity contribution >= 4 is 21.8 Å². The van der Waals surface area contributed by atoms with Gasteiger partial charge in [-0.15, -0.1) is 3.89 Å². The summed E-state index contributed by atoms with van der Waals surface area (Å²) in [4.78, 5) is 3.73. The highest BCUT2D eigenvalue weighted by Gasteiger charge is 2.09. The Kier molecular flexibility index (Phi) is 3.22. The largest absolute Gasteiger partial charge is 0.302 e. The molecule has 0 saturated carbocycles. The Balaban J connectivity index is 2.71. The molecule has 1 rings (SSSR count). The summed E-state index contributed by atoms with van der Waals surface area (Å²) < 4.78 is 32.5. The fraction of sp³-hybridized carbons (Fsp3) is 0.286. The topological polar surface area (TPSA) is 47.0 Å². The molecule has 0 atom stereocenters. The van der Waals surface area contributed by atoms with Gasteiger partial charge in [0.1, 0.15) is 5.15 Å². The highest BCUT2D eigenvalue weighted by molar-refractivity contribution is 7.86. The number of halogens is 2. The van der Waals surface area contributed by atoms with Gasteiger partial charge in [-0.1, -0.05) is 17.7 Å². The third-order valence-corrected chi connectivity index (χ3v) is 2.48. The van der Waals surface area contributed by atoms with Crippen molar-refractivity contribution in [3.63, 3.8) is 0 Å². The smallest absolute Gasteiger partial charge is 0.244 e. The van der Waals surface area contributed by atoms with Gasteiger partial charge >= 0.3 is 10.2 Å². The van der Waals surface area contributed by atoms with Crippen LogP contribution in [-0.2, 0) is 16.6 Å². The molecule has 0 amide bonds. The van der Waals surface area contributed by atoms with Crippen LogP contribution in [0.5, 0.6) is 0 Å².